The van der Waals surface area contributed by atoms with Crippen LogP contribution in [0.1, 0.15) is 19.4 Å². The van der Waals surface area contributed by atoms with Crippen LogP contribution in [0.15, 0.2) is 24.3 Å². The van der Waals surface area contributed by atoms with E-state index in [0.29, 0.717) is 18.1 Å². The molecule has 0 aliphatic carbocycles. The minimum absolute atomic E-state index is 0.0109. The van der Waals surface area contributed by atoms with Crippen LogP contribution in [0.5, 0.6) is 0 Å². The lowest BCUT2D eigenvalue weighted by Crippen LogP contribution is -2.31. The first-order valence-corrected chi connectivity index (χ1v) is 5.18. The number of hydrogen-bond acceptors (Lipinski definition) is 2. The van der Waals surface area contributed by atoms with Gasteiger partial charge in [0.05, 0.1) is 13.2 Å². The van der Waals surface area contributed by atoms with E-state index in [1.807, 2.05) is 13.8 Å². The molecule has 1 unspecified atom stereocenters. The molecule has 1 atom stereocenters. The van der Waals surface area contributed by atoms with Gasteiger partial charge in [-0.05, 0) is 12.0 Å². The van der Waals surface area contributed by atoms with E-state index in [2.05, 4.69) is 0 Å². The van der Waals surface area contributed by atoms with Crippen molar-refractivity contribution < 1.29 is 9.13 Å². The first-order valence-electron chi connectivity index (χ1n) is 5.18. The summed E-state index contributed by atoms with van der Waals surface area (Å²) in [4.78, 5) is 0. The van der Waals surface area contributed by atoms with Crippen molar-refractivity contribution in [1.82, 2.24) is 0 Å². The van der Waals surface area contributed by atoms with Crippen molar-refractivity contribution in [2.45, 2.75) is 26.5 Å². The Kier molecular flexibility index (Phi) is 4.72. The van der Waals surface area contributed by atoms with Gasteiger partial charge >= 0.3 is 0 Å². The Morgan fingerprint density at radius 3 is 2.60 bits per heavy atom. The zero-order chi connectivity index (χ0) is 11.3. The van der Waals surface area contributed by atoms with Crippen molar-refractivity contribution in [1.29, 1.82) is 0 Å². The van der Waals surface area contributed by atoms with Gasteiger partial charge in [-0.2, -0.15) is 0 Å². The molecule has 0 aromatic heterocycles. The molecule has 0 amide bonds. The Balaban J connectivity index is 2.35. The molecule has 84 valence electrons. The van der Waals surface area contributed by atoms with Crippen LogP contribution in [0.3, 0.4) is 0 Å². The van der Waals surface area contributed by atoms with Gasteiger partial charge in [0.2, 0.25) is 0 Å². The maximum Gasteiger partial charge on any atom is 0.128 e. The highest BCUT2D eigenvalue weighted by molar-refractivity contribution is 5.16. The topological polar surface area (TPSA) is 35.2 Å². The van der Waals surface area contributed by atoms with E-state index in [1.54, 1.807) is 18.2 Å². The number of nitrogens with two attached hydrogens (primary N) is 1. The molecule has 3 heteroatoms. The van der Waals surface area contributed by atoms with E-state index in [9.17, 15) is 4.39 Å². The summed E-state index contributed by atoms with van der Waals surface area (Å²) < 4.78 is 18.5. The SMILES string of the molecule is CC(C)C(N)COCc1ccccc1F. The quantitative estimate of drug-likeness (QED) is 0.811. The van der Waals surface area contributed by atoms with Crippen LogP contribution < -0.4 is 5.73 Å². The highest BCUT2D eigenvalue weighted by Gasteiger charge is 2.08. The van der Waals surface area contributed by atoms with E-state index in [4.69, 9.17) is 10.5 Å². The predicted molar refractivity (Wildman–Crippen MR) is 58.9 cm³/mol. The fraction of sp³-hybridized carbons (Fsp3) is 0.500. The molecule has 1 rings (SSSR count). The third-order valence-corrected chi connectivity index (χ3v) is 2.38. The van der Waals surface area contributed by atoms with Gasteiger partial charge in [-0.15, -0.1) is 0 Å². The molecule has 0 saturated heterocycles. The molecule has 0 aliphatic rings. The van der Waals surface area contributed by atoms with Gasteiger partial charge in [-0.25, -0.2) is 4.39 Å². The maximum atomic E-state index is 13.2. The zero-order valence-corrected chi connectivity index (χ0v) is 9.24. The Labute approximate surface area is 90.2 Å². The van der Waals surface area contributed by atoms with Gasteiger partial charge in [0, 0.05) is 11.6 Å². The highest BCUT2D eigenvalue weighted by Crippen LogP contribution is 2.08. The number of rotatable bonds is 5. The van der Waals surface area contributed by atoms with Gasteiger partial charge in [0.25, 0.3) is 0 Å². The van der Waals surface area contributed by atoms with Gasteiger partial charge in [0.1, 0.15) is 5.82 Å². The lowest BCUT2D eigenvalue weighted by atomic mass is 10.1. The summed E-state index contributed by atoms with van der Waals surface area (Å²) in [7, 11) is 0. The van der Waals surface area contributed by atoms with Crippen LogP contribution in [0.2, 0.25) is 0 Å². The normalized spacial score (nSPS) is 13.1. The molecule has 15 heavy (non-hydrogen) atoms. The molecular formula is C12H18FNO. The highest BCUT2D eigenvalue weighted by atomic mass is 19.1. The van der Waals surface area contributed by atoms with Crippen molar-refractivity contribution in [3.63, 3.8) is 0 Å². The Bertz CT molecular complexity index is 301. The van der Waals surface area contributed by atoms with Crippen molar-refractivity contribution in [2.24, 2.45) is 11.7 Å². The van der Waals surface area contributed by atoms with Gasteiger partial charge in [-0.1, -0.05) is 32.0 Å². The van der Waals surface area contributed by atoms with Gasteiger partial charge in [-0.3, -0.25) is 0 Å². The predicted octanol–water partition coefficient (Wildman–Crippen LogP) is 2.33. The zero-order valence-electron chi connectivity index (χ0n) is 9.24. The second-order valence-corrected chi connectivity index (χ2v) is 4.01. The monoisotopic (exact) mass is 211 g/mol. The second-order valence-electron chi connectivity index (χ2n) is 4.01. The molecular weight excluding hydrogens is 193 g/mol. The average molecular weight is 211 g/mol. The Morgan fingerprint density at radius 2 is 2.00 bits per heavy atom. The maximum absolute atomic E-state index is 13.2. The van der Waals surface area contributed by atoms with Crippen molar-refractivity contribution >= 4 is 0 Å². The first-order chi connectivity index (χ1) is 7.11. The molecule has 0 spiro atoms. The van der Waals surface area contributed by atoms with Crippen LogP contribution in [0, 0.1) is 11.7 Å². The van der Waals surface area contributed by atoms with Crippen molar-refractivity contribution in [3.05, 3.63) is 35.6 Å². The van der Waals surface area contributed by atoms with Crippen molar-refractivity contribution in [3.8, 4) is 0 Å². The molecule has 0 aliphatic heterocycles. The summed E-state index contributed by atoms with van der Waals surface area (Å²) in [6.45, 7) is 4.83. The average Bonchev–Trinajstić information content (AvgIpc) is 2.20. The van der Waals surface area contributed by atoms with Crippen molar-refractivity contribution in [2.75, 3.05) is 6.61 Å². The third kappa shape index (κ3) is 3.98. The molecule has 1 aromatic rings. The van der Waals surface area contributed by atoms with E-state index in [-0.39, 0.29) is 18.5 Å². The smallest absolute Gasteiger partial charge is 0.128 e. The van der Waals surface area contributed by atoms with E-state index in [1.165, 1.54) is 6.07 Å². The summed E-state index contributed by atoms with van der Waals surface area (Å²) in [6.07, 6.45) is 0. The molecule has 0 fully saturated rings. The van der Waals surface area contributed by atoms with Gasteiger partial charge in [0.15, 0.2) is 0 Å². The fourth-order valence-electron chi connectivity index (χ4n) is 1.11. The third-order valence-electron chi connectivity index (χ3n) is 2.38. The summed E-state index contributed by atoms with van der Waals surface area (Å²) >= 11 is 0. The van der Waals surface area contributed by atoms with E-state index >= 15 is 0 Å². The van der Waals surface area contributed by atoms with E-state index < -0.39 is 0 Å². The molecule has 1 aromatic carbocycles. The summed E-state index contributed by atoms with van der Waals surface area (Å²) in [5, 5.41) is 0. The lowest BCUT2D eigenvalue weighted by molar-refractivity contribution is 0.0953. The molecule has 2 N–H and O–H groups in total. The summed E-state index contributed by atoms with van der Waals surface area (Å²) in [6, 6.07) is 6.62. The Morgan fingerprint density at radius 1 is 1.33 bits per heavy atom. The van der Waals surface area contributed by atoms with Gasteiger partial charge < -0.3 is 10.5 Å². The van der Waals surface area contributed by atoms with Crippen LogP contribution in [-0.4, -0.2) is 12.6 Å². The number of benzene rings is 1. The first kappa shape index (κ1) is 12.1. The van der Waals surface area contributed by atoms with Crippen LogP contribution >= 0.6 is 0 Å². The molecule has 0 bridgehead atoms. The summed E-state index contributed by atoms with van der Waals surface area (Å²) in [5.41, 5.74) is 6.38. The number of ether oxygens (including phenoxy) is 1. The number of halogens is 1. The number of hydrogen-bond donors (Lipinski definition) is 1. The molecule has 2 nitrogen and oxygen atoms in total. The minimum Gasteiger partial charge on any atom is -0.375 e. The van der Waals surface area contributed by atoms with Crippen LogP contribution in [0.4, 0.5) is 4.39 Å². The molecule has 0 saturated carbocycles. The minimum atomic E-state index is -0.226. The molecule has 0 heterocycles. The molecule has 0 radical (unpaired) electrons. The Hall–Kier alpha value is -0.930. The fourth-order valence-corrected chi connectivity index (χ4v) is 1.11. The van der Waals surface area contributed by atoms with Crippen LogP contribution in [-0.2, 0) is 11.3 Å². The summed E-state index contributed by atoms with van der Waals surface area (Å²) in [5.74, 6) is 0.154. The lowest BCUT2D eigenvalue weighted by Gasteiger charge is -2.15. The standard InChI is InChI=1S/C12H18FNO/c1-9(2)12(14)8-15-7-10-5-3-4-6-11(10)13/h3-6,9,12H,7-8,14H2,1-2H3. The second kappa shape index (κ2) is 5.83. The van der Waals surface area contributed by atoms with Crippen LogP contribution in [0.25, 0.3) is 0 Å². The van der Waals surface area contributed by atoms with E-state index in [0.717, 1.165) is 0 Å². The largest absolute Gasteiger partial charge is 0.375 e.